The molecule has 0 aromatic carbocycles. The minimum atomic E-state index is 0.525. The van der Waals surface area contributed by atoms with Crippen LogP contribution in [-0.4, -0.2) is 12.1 Å². The monoisotopic (exact) mass is 249 g/mol. The molecule has 18 heavy (non-hydrogen) atoms. The quantitative estimate of drug-likeness (QED) is 0.766. The van der Waals surface area contributed by atoms with Crippen LogP contribution in [0.2, 0.25) is 0 Å². The molecule has 3 fully saturated rings. The molecule has 1 nitrogen and oxygen atoms in total. The van der Waals surface area contributed by atoms with Crippen LogP contribution in [0.1, 0.15) is 72.6 Å². The van der Waals surface area contributed by atoms with E-state index in [4.69, 9.17) is 0 Å². The third-order valence-electron chi connectivity index (χ3n) is 5.74. The van der Waals surface area contributed by atoms with Gasteiger partial charge in [-0.1, -0.05) is 34.1 Å². The van der Waals surface area contributed by atoms with Crippen LogP contribution in [0.3, 0.4) is 0 Å². The van der Waals surface area contributed by atoms with Crippen molar-refractivity contribution in [1.29, 1.82) is 0 Å². The maximum atomic E-state index is 4.06. The van der Waals surface area contributed by atoms with Gasteiger partial charge in [0.2, 0.25) is 0 Å². The molecule has 3 aliphatic carbocycles. The predicted molar refractivity (Wildman–Crippen MR) is 77.6 cm³/mol. The van der Waals surface area contributed by atoms with Crippen LogP contribution < -0.4 is 5.32 Å². The smallest absolute Gasteiger partial charge is 0.0101 e. The number of hydrogen-bond acceptors (Lipinski definition) is 1. The van der Waals surface area contributed by atoms with Gasteiger partial charge in [0.1, 0.15) is 0 Å². The molecular weight excluding hydrogens is 218 g/mol. The zero-order chi connectivity index (χ0) is 13.0. The normalized spacial score (nSPS) is 42.3. The van der Waals surface area contributed by atoms with Gasteiger partial charge in [0.05, 0.1) is 0 Å². The molecule has 104 valence electrons. The van der Waals surface area contributed by atoms with Gasteiger partial charge in [0.25, 0.3) is 0 Å². The summed E-state index contributed by atoms with van der Waals surface area (Å²) in [6, 6.07) is 1.63. The highest BCUT2D eigenvalue weighted by molar-refractivity contribution is 4.98. The lowest BCUT2D eigenvalue weighted by atomic mass is 9.63. The van der Waals surface area contributed by atoms with Crippen LogP contribution in [0, 0.1) is 22.7 Å². The van der Waals surface area contributed by atoms with Crippen molar-refractivity contribution in [2.24, 2.45) is 22.7 Å². The first kappa shape index (κ1) is 13.0. The standard InChI is InChI=1S/C17H31N/c1-16(2)9-14(10-17(3,4)11-16)18-15-8-12-5-6-13(15)7-12/h12-15,18H,5-11H2,1-4H3. The Labute approximate surface area is 113 Å². The van der Waals surface area contributed by atoms with Crippen LogP contribution in [0.4, 0.5) is 0 Å². The molecule has 0 amide bonds. The van der Waals surface area contributed by atoms with Gasteiger partial charge in [-0.05, 0) is 61.2 Å². The molecule has 3 rings (SSSR count). The molecular formula is C17H31N. The molecule has 3 saturated carbocycles. The first-order valence-corrected chi connectivity index (χ1v) is 8.09. The zero-order valence-corrected chi connectivity index (χ0v) is 12.8. The molecule has 0 spiro atoms. The molecule has 3 atom stereocenters. The summed E-state index contributed by atoms with van der Waals surface area (Å²) in [7, 11) is 0. The van der Waals surface area contributed by atoms with E-state index in [1.807, 2.05) is 0 Å². The second kappa shape index (κ2) is 4.23. The van der Waals surface area contributed by atoms with E-state index in [1.165, 1.54) is 44.9 Å². The molecule has 0 heterocycles. The fourth-order valence-electron chi connectivity index (χ4n) is 5.72. The number of fused-ring (bicyclic) bond motifs is 2. The van der Waals surface area contributed by atoms with Crippen LogP contribution in [0.5, 0.6) is 0 Å². The highest BCUT2D eigenvalue weighted by Gasteiger charge is 2.43. The maximum Gasteiger partial charge on any atom is 0.0101 e. The fraction of sp³-hybridized carbons (Fsp3) is 1.00. The summed E-state index contributed by atoms with van der Waals surface area (Å²) in [6.45, 7) is 9.85. The lowest BCUT2D eigenvalue weighted by Gasteiger charge is -2.46. The third kappa shape index (κ3) is 2.61. The molecule has 3 unspecified atom stereocenters. The van der Waals surface area contributed by atoms with Gasteiger partial charge in [-0.3, -0.25) is 0 Å². The maximum absolute atomic E-state index is 4.06. The minimum Gasteiger partial charge on any atom is -0.311 e. The van der Waals surface area contributed by atoms with Crippen LogP contribution in [0.25, 0.3) is 0 Å². The molecule has 0 aliphatic heterocycles. The predicted octanol–water partition coefficient (Wildman–Crippen LogP) is 4.37. The Morgan fingerprint density at radius 2 is 1.56 bits per heavy atom. The van der Waals surface area contributed by atoms with E-state index < -0.39 is 0 Å². The Hall–Kier alpha value is -0.0400. The topological polar surface area (TPSA) is 12.0 Å². The van der Waals surface area contributed by atoms with Gasteiger partial charge in [-0.15, -0.1) is 0 Å². The molecule has 0 saturated heterocycles. The molecule has 2 bridgehead atoms. The van der Waals surface area contributed by atoms with Gasteiger partial charge in [-0.2, -0.15) is 0 Å². The average molecular weight is 249 g/mol. The van der Waals surface area contributed by atoms with Gasteiger partial charge < -0.3 is 5.32 Å². The van der Waals surface area contributed by atoms with E-state index in [1.54, 1.807) is 0 Å². The summed E-state index contributed by atoms with van der Waals surface area (Å²) in [6.07, 6.45) is 10.2. The van der Waals surface area contributed by atoms with Gasteiger partial charge in [0, 0.05) is 12.1 Å². The summed E-state index contributed by atoms with van der Waals surface area (Å²) >= 11 is 0. The fourth-order valence-corrected chi connectivity index (χ4v) is 5.72. The number of hydrogen-bond donors (Lipinski definition) is 1. The second-order valence-corrected chi connectivity index (χ2v) is 9.06. The van der Waals surface area contributed by atoms with E-state index in [2.05, 4.69) is 33.0 Å². The van der Waals surface area contributed by atoms with Crippen molar-refractivity contribution in [3.8, 4) is 0 Å². The molecule has 0 radical (unpaired) electrons. The summed E-state index contributed by atoms with van der Waals surface area (Å²) in [5.74, 6) is 2.08. The largest absolute Gasteiger partial charge is 0.311 e. The number of rotatable bonds is 2. The molecule has 1 N–H and O–H groups in total. The highest BCUT2D eigenvalue weighted by Crippen LogP contribution is 2.48. The Morgan fingerprint density at radius 3 is 2.06 bits per heavy atom. The second-order valence-electron chi connectivity index (χ2n) is 9.06. The number of nitrogens with one attached hydrogen (secondary N) is 1. The Morgan fingerprint density at radius 1 is 0.889 bits per heavy atom. The Kier molecular flexibility index (Phi) is 3.05. The van der Waals surface area contributed by atoms with Crippen molar-refractivity contribution in [2.45, 2.75) is 84.7 Å². The van der Waals surface area contributed by atoms with Crippen molar-refractivity contribution in [2.75, 3.05) is 0 Å². The van der Waals surface area contributed by atoms with Gasteiger partial charge in [0.15, 0.2) is 0 Å². The molecule has 0 aromatic rings. The third-order valence-corrected chi connectivity index (χ3v) is 5.74. The lowest BCUT2D eigenvalue weighted by Crippen LogP contribution is -2.48. The SMILES string of the molecule is CC1(C)CC(NC2CC3CCC2C3)CC(C)(C)C1. The van der Waals surface area contributed by atoms with E-state index in [-0.39, 0.29) is 0 Å². The summed E-state index contributed by atoms with van der Waals surface area (Å²) in [5, 5.41) is 4.06. The first-order chi connectivity index (χ1) is 8.33. The zero-order valence-electron chi connectivity index (χ0n) is 12.8. The van der Waals surface area contributed by atoms with Crippen molar-refractivity contribution in [1.82, 2.24) is 5.32 Å². The van der Waals surface area contributed by atoms with Gasteiger partial charge in [-0.25, -0.2) is 0 Å². The van der Waals surface area contributed by atoms with Crippen molar-refractivity contribution < 1.29 is 0 Å². The van der Waals surface area contributed by atoms with Crippen LogP contribution in [-0.2, 0) is 0 Å². The van der Waals surface area contributed by atoms with Gasteiger partial charge >= 0.3 is 0 Å². The lowest BCUT2D eigenvalue weighted by molar-refractivity contribution is 0.0763. The van der Waals surface area contributed by atoms with Crippen molar-refractivity contribution in [3.63, 3.8) is 0 Å². The summed E-state index contributed by atoms with van der Waals surface area (Å²) in [5.41, 5.74) is 1.05. The van der Waals surface area contributed by atoms with E-state index in [9.17, 15) is 0 Å². The Balaban J connectivity index is 1.62. The van der Waals surface area contributed by atoms with Crippen LogP contribution >= 0.6 is 0 Å². The van der Waals surface area contributed by atoms with Crippen LogP contribution in [0.15, 0.2) is 0 Å². The summed E-state index contributed by atoms with van der Waals surface area (Å²) < 4.78 is 0. The minimum absolute atomic E-state index is 0.525. The van der Waals surface area contributed by atoms with E-state index >= 15 is 0 Å². The average Bonchev–Trinajstić information content (AvgIpc) is 2.72. The molecule has 0 aromatic heterocycles. The molecule has 3 aliphatic rings. The van der Waals surface area contributed by atoms with E-state index in [0.717, 1.165) is 23.9 Å². The van der Waals surface area contributed by atoms with Crippen molar-refractivity contribution in [3.05, 3.63) is 0 Å². The first-order valence-electron chi connectivity index (χ1n) is 8.09. The Bertz CT molecular complexity index is 302. The highest BCUT2D eigenvalue weighted by atomic mass is 15.0. The van der Waals surface area contributed by atoms with E-state index in [0.29, 0.717) is 10.8 Å². The molecule has 1 heteroatoms. The van der Waals surface area contributed by atoms with Crippen molar-refractivity contribution >= 4 is 0 Å². The summed E-state index contributed by atoms with van der Waals surface area (Å²) in [4.78, 5) is 0.